The quantitative estimate of drug-likeness (QED) is 0.563. The van der Waals surface area contributed by atoms with Crippen molar-refractivity contribution in [2.24, 2.45) is 10.7 Å². The van der Waals surface area contributed by atoms with Crippen molar-refractivity contribution in [1.29, 1.82) is 0 Å². The van der Waals surface area contributed by atoms with Gasteiger partial charge in [0.1, 0.15) is 5.82 Å². The summed E-state index contributed by atoms with van der Waals surface area (Å²) in [6.07, 6.45) is 8.62. The number of aromatic amines is 1. The van der Waals surface area contributed by atoms with Crippen LogP contribution in [0.2, 0.25) is 0 Å². The number of allylic oxidation sites excluding steroid dienone is 3. The van der Waals surface area contributed by atoms with Crippen LogP contribution in [0.4, 0.5) is 5.69 Å². The van der Waals surface area contributed by atoms with E-state index in [0.29, 0.717) is 0 Å². The molecule has 0 aliphatic heterocycles. The summed E-state index contributed by atoms with van der Waals surface area (Å²) in [4.78, 5) is 12.4. The minimum Gasteiger partial charge on any atom is -0.405 e. The number of nitrogens with zero attached hydrogens (tertiary/aromatic N) is 2. The monoisotopic (exact) mass is 288 g/mol. The lowest BCUT2D eigenvalue weighted by Crippen LogP contribution is -1.81. The minimum absolute atomic E-state index is 0.819. The van der Waals surface area contributed by atoms with Crippen molar-refractivity contribution in [3.63, 3.8) is 0 Å². The number of hydrogen-bond acceptors (Lipinski definition) is 3. The summed E-state index contributed by atoms with van der Waals surface area (Å²) in [6.45, 7) is 0. The zero-order valence-electron chi connectivity index (χ0n) is 12.0. The molecular formula is C18H16N4. The van der Waals surface area contributed by atoms with E-state index >= 15 is 0 Å². The fourth-order valence-electron chi connectivity index (χ4n) is 2.17. The van der Waals surface area contributed by atoms with Gasteiger partial charge < -0.3 is 10.7 Å². The van der Waals surface area contributed by atoms with E-state index in [2.05, 4.69) is 15.0 Å². The van der Waals surface area contributed by atoms with Crippen LogP contribution >= 0.6 is 0 Å². The summed E-state index contributed by atoms with van der Waals surface area (Å²) in [6, 6.07) is 15.9. The molecule has 3 N–H and O–H groups in total. The molecule has 0 aliphatic carbocycles. The van der Waals surface area contributed by atoms with Crippen molar-refractivity contribution < 1.29 is 0 Å². The molecule has 0 amide bonds. The van der Waals surface area contributed by atoms with Gasteiger partial charge in [-0.25, -0.2) is 4.98 Å². The molecule has 4 heteroatoms. The van der Waals surface area contributed by atoms with E-state index in [0.717, 1.165) is 28.1 Å². The fraction of sp³-hybridized carbons (Fsp3) is 0. The fourth-order valence-corrected chi connectivity index (χ4v) is 2.17. The van der Waals surface area contributed by atoms with Gasteiger partial charge in [0.2, 0.25) is 0 Å². The smallest absolute Gasteiger partial charge is 0.140 e. The topological polar surface area (TPSA) is 67.1 Å². The zero-order chi connectivity index (χ0) is 15.2. The van der Waals surface area contributed by atoms with Gasteiger partial charge in [-0.3, -0.25) is 4.99 Å². The largest absolute Gasteiger partial charge is 0.405 e. The predicted octanol–water partition coefficient (Wildman–Crippen LogP) is 3.96. The lowest BCUT2D eigenvalue weighted by Gasteiger charge is -2.01. The van der Waals surface area contributed by atoms with Gasteiger partial charge in [-0.1, -0.05) is 30.3 Å². The molecule has 3 aromatic rings. The van der Waals surface area contributed by atoms with Gasteiger partial charge in [-0.05, 0) is 42.6 Å². The Hall–Kier alpha value is -3.14. The number of hydrogen-bond donors (Lipinski definition) is 2. The van der Waals surface area contributed by atoms with Gasteiger partial charge in [0.25, 0.3) is 0 Å². The molecule has 108 valence electrons. The molecular weight excluding hydrogens is 272 g/mol. The van der Waals surface area contributed by atoms with Gasteiger partial charge in [0.15, 0.2) is 0 Å². The summed E-state index contributed by atoms with van der Waals surface area (Å²) in [7, 11) is 0. The first-order valence-electron chi connectivity index (χ1n) is 7.00. The van der Waals surface area contributed by atoms with Crippen molar-refractivity contribution in [2.45, 2.75) is 0 Å². The molecule has 0 saturated carbocycles. The lowest BCUT2D eigenvalue weighted by molar-refractivity contribution is 1.33. The van der Waals surface area contributed by atoms with Crippen LogP contribution in [0.25, 0.3) is 22.4 Å². The summed E-state index contributed by atoms with van der Waals surface area (Å²) >= 11 is 0. The highest BCUT2D eigenvalue weighted by molar-refractivity contribution is 5.84. The van der Waals surface area contributed by atoms with E-state index in [1.807, 2.05) is 60.7 Å². The number of H-pyrrole nitrogens is 1. The van der Waals surface area contributed by atoms with Crippen LogP contribution in [0, 0.1) is 0 Å². The number of benzene rings is 2. The van der Waals surface area contributed by atoms with Gasteiger partial charge in [0.05, 0.1) is 16.7 Å². The third kappa shape index (κ3) is 2.96. The van der Waals surface area contributed by atoms with Crippen molar-refractivity contribution in [3.05, 3.63) is 73.0 Å². The Bertz CT molecular complexity index is 823. The minimum atomic E-state index is 0.819. The molecule has 3 rings (SSSR count). The Kier molecular flexibility index (Phi) is 4.11. The number of rotatable bonds is 4. The van der Waals surface area contributed by atoms with Crippen LogP contribution in [0.1, 0.15) is 0 Å². The Balaban J connectivity index is 1.97. The maximum atomic E-state index is 5.27. The number of para-hydroxylation sites is 3. The van der Waals surface area contributed by atoms with Crippen LogP contribution in [0.15, 0.2) is 78.0 Å². The Morgan fingerprint density at radius 2 is 1.77 bits per heavy atom. The average molecular weight is 288 g/mol. The number of aromatic nitrogens is 2. The van der Waals surface area contributed by atoms with Crippen molar-refractivity contribution in [3.8, 4) is 11.4 Å². The standard InChI is InChI=1S/C18H16N4/c19-12-6-1-7-13-20-15-9-3-2-8-14(15)18-21-16-10-4-5-11-17(16)22-18/h1-13H,19H2,(H,21,22)/b7-1+,12-6-,20-13?. The zero-order valence-corrected chi connectivity index (χ0v) is 12.0. The molecule has 0 bridgehead atoms. The first kappa shape index (κ1) is 13.8. The van der Waals surface area contributed by atoms with Crippen LogP contribution in [0.3, 0.4) is 0 Å². The van der Waals surface area contributed by atoms with Crippen LogP contribution in [-0.4, -0.2) is 16.2 Å². The molecule has 0 spiro atoms. The predicted molar refractivity (Wildman–Crippen MR) is 92.1 cm³/mol. The lowest BCUT2D eigenvalue weighted by atomic mass is 10.1. The first-order chi connectivity index (χ1) is 10.9. The van der Waals surface area contributed by atoms with Crippen molar-refractivity contribution >= 4 is 22.9 Å². The molecule has 0 atom stereocenters. The number of imidazole rings is 1. The van der Waals surface area contributed by atoms with Gasteiger partial charge in [0, 0.05) is 11.8 Å². The van der Waals surface area contributed by atoms with Crippen molar-refractivity contribution in [1.82, 2.24) is 9.97 Å². The van der Waals surface area contributed by atoms with Gasteiger partial charge in [-0.2, -0.15) is 0 Å². The molecule has 0 saturated heterocycles. The Labute approximate surface area is 128 Å². The molecule has 22 heavy (non-hydrogen) atoms. The Morgan fingerprint density at radius 1 is 0.955 bits per heavy atom. The molecule has 0 radical (unpaired) electrons. The number of aliphatic imine (C=N–C) groups is 1. The number of nitrogens with one attached hydrogen (secondary N) is 1. The maximum Gasteiger partial charge on any atom is 0.140 e. The third-order valence-corrected chi connectivity index (χ3v) is 3.18. The van der Waals surface area contributed by atoms with Crippen LogP contribution in [-0.2, 0) is 0 Å². The summed E-state index contributed by atoms with van der Waals surface area (Å²) in [5, 5.41) is 0. The molecule has 0 fully saturated rings. The third-order valence-electron chi connectivity index (χ3n) is 3.18. The van der Waals surface area contributed by atoms with Gasteiger partial charge >= 0.3 is 0 Å². The highest BCUT2D eigenvalue weighted by Gasteiger charge is 2.08. The molecule has 1 aromatic heterocycles. The van der Waals surface area contributed by atoms with E-state index in [-0.39, 0.29) is 0 Å². The van der Waals surface area contributed by atoms with Crippen LogP contribution < -0.4 is 5.73 Å². The summed E-state index contributed by atoms with van der Waals surface area (Å²) < 4.78 is 0. The Morgan fingerprint density at radius 3 is 2.64 bits per heavy atom. The molecule has 4 nitrogen and oxygen atoms in total. The van der Waals surface area contributed by atoms with E-state index in [1.165, 1.54) is 6.20 Å². The first-order valence-corrected chi connectivity index (χ1v) is 7.00. The maximum absolute atomic E-state index is 5.27. The second kappa shape index (κ2) is 6.54. The highest BCUT2D eigenvalue weighted by Crippen LogP contribution is 2.29. The highest BCUT2D eigenvalue weighted by atomic mass is 14.9. The van der Waals surface area contributed by atoms with Gasteiger partial charge in [-0.15, -0.1) is 0 Å². The van der Waals surface area contributed by atoms with E-state index in [1.54, 1.807) is 12.3 Å². The average Bonchev–Trinajstić information content (AvgIpc) is 2.99. The van der Waals surface area contributed by atoms with E-state index < -0.39 is 0 Å². The second-order valence-corrected chi connectivity index (χ2v) is 4.67. The summed E-state index contributed by atoms with van der Waals surface area (Å²) in [5.41, 5.74) is 9.07. The van der Waals surface area contributed by atoms with Crippen molar-refractivity contribution in [2.75, 3.05) is 0 Å². The summed E-state index contributed by atoms with van der Waals surface area (Å²) in [5.74, 6) is 0.819. The normalized spacial score (nSPS) is 12.2. The number of fused-ring (bicyclic) bond motifs is 1. The molecule has 0 unspecified atom stereocenters. The molecule has 1 heterocycles. The molecule has 0 aliphatic rings. The second-order valence-electron chi connectivity index (χ2n) is 4.67. The van der Waals surface area contributed by atoms with E-state index in [4.69, 9.17) is 5.73 Å². The molecule has 2 aromatic carbocycles. The van der Waals surface area contributed by atoms with Crippen LogP contribution in [0.5, 0.6) is 0 Å². The number of nitrogens with two attached hydrogens (primary N) is 1. The SMILES string of the molecule is N/C=C\C=C\C=Nc1ccccc1-c1nc2ccccc2[nH]1. The van der Waals surface area contributed by atoms with E-state index in [9.17, 15) is 0 Å².